The molecular formula is C20H15Cl2NO5. The number of hydrogen-bond acceptors (Lipinski definition) is 5. The first kappa shape index (κ1) is 19.8. The second-order valence-corrected chi connectivity index (χ2v) is 6.56. The standard InChI is InChI=1S/C20H15Cl2NO5/c1-27-17-8-11(3-7-16(17)28-10-18(24)25)2-4-12-5-6-13-14(21)9-15(22)20(26)19(13)23-12/h2-9,26H,10H2,1H3,(H,24,25). The van der Waals surface area contributed by atoms with E-state index in [-0.39, 0.29) is 10.8 Å². The molecule has 2 aromatic carbocycles. The fourth-order valence-electron chi connectivity index (χ4n) is 2.54. The summed E-state index contributed by atoms with van der Waals surface area (Å²) >= 11 is 12.1. The number of phenols is 1. The van der Waals surface area contributed by atoms with Crippen LogP contribution < -0.4 is 9.47 Å². The van der Waals surface area contributed by atoms with E-state index in [0.717, 1.165) is 5.56 Å². The molecule has 0 bridgehead atoms. The fourth-order valence-corrected chi connectivity index (χ4v) is 3.06. The van der Waals surface area contributed by atoms with Crippen molar-refractivity contribution in [3.05, 3.63) is 57.7 Å². The van der Waals surface area contributed by atoms with E-state index in [2.05, 4.69) is 4.98 Å². The molecule has 0 radical (unpaired) electrons. The van der Waals surface area contributed by atoms with Crippen molar-refractivity contribution in [3.63, 3.8) is 0 Å². The van der Waals surface area contributed by atoms with Crippen molar-refractivity contribution in [2.45, 2.75) is 0 Å². The van der Waals surface area contributed by atoms with Gasteiger partial charge in [0.2, 0.25) is 0 Å². The number of fused-ring (bicyclic) bond motifs is 1. The van der Waals surface area contributed by atoms with Crippen LogP contribution in [0.5, 0.6) is 17.2 Å². The van der Waals surface area contributed by atoms with Crippen molar-refractivity contribution in [1.29, 1.82) is 0 Å². The first-order valence-electron chi connectivity index (χ1n) is 8.07. The van der Waals surface area contributed by atoms with Crippen LogP contribution in [0.25, 0.3) is 23.1 Å². The van der Waals surface area contributed by atoms with Gasteiger partial charge in [-0.25, -0.2) is 9.78 Å². The van der Waals surface area contributed by atoms with Crippen molar-refractivity contribution in [2.75, 3.05) is 13.7 Å². The Hall–Kier alpha value is -2.96. The van der Waals surface area contributed by atoms with E-state index in [0.29, 0.717) is 33.1 Å². The molecule has 0 amide bonds. The molecule has 0 fully saturated rings. The van der Waals surface area contributed by atoms with Crippen LogP contribution in [0, 0.1) is 0 Å². The SMILES string of the molecule is COc1cc(C=Cc2ccc3c(Cl)cc(Cl)c(O)c3n2)ccc1OCC(=O)O. The van der Waals surface area contributed by atoms with Gasteiger partial charge in [0.05, 0.1) is 22.8 Å². The zero-order valence-electron chi connectivity index (χ0n) is 14.6. The smallest absolute Gasteiger partial charge is 0.341 e. The Balaban J connectivity index is 1.89. The Labute approximate surface area is 170 Å². The lowest BCUT2D eigenvalue weighted by Crippen LogP contribution is -2.10. The summed E-state index contributed by atoms with van der Waals surface area (Å²) < 4.78 is 10.4. The number of carboxylic acid groups (broad SMARTS) is 1. The van der Waals surface area contributed by atoms with Crippen LogP contribution in [0.1, 0.15) is 11.3 Å². The third kappa shape index (κ3) is 4.30. The zero-order chi connectivity index (χ0) is 20.3. The van der Waals surface area contributed by atoms with E-state index >= 15 is 0 Å². The van der Waals surface area contributed by atoms with E-state index < -0.39 is 12.6 Å². The van der Waals surface area contributed by atoms with E-state index in [1.807, 2.05) is 0 Å². The third-order valence-corrected chi connectivity index (χ3v) is 4.46. The van der Waals surface area contributed by atoms with Gasteiger partial charge in [0, 0.05) is 5.39 Å². The number of aromatic nitrogens is 1. The van der Waals surface area contributed by atoms with Gasteiger partial charge in [-0.2, -0.15) is 0 Å². The summed E-state index contributed by atoms with van der Waals surface area (Å²) in [6, 6.07) is 10.1. The van der Waals surface area contributed by atoms with Crippen LogP contribution in [0.4, 0.5) is 0 Å². The number of carboxylic acids is 1. The van der Waals surface area contributed by atoms with Gasteiger partial charge in [-0.05, 0) is 42.0 Å². The topological polar surface area (TPSA) is 88.9 Å². The number of methoxy groups -OCH3 is 1. The highest BCUT2D eigenvalue weighted by molar-refractivity contribution is 6.39. The van der Waals surface area contributed by atoms with Gasteiger partial charge in [0.1, 0.15) is 5.52 Å². The molecule has 0 saturated heterocycles. The molecule has 3 aromatic rings. The molecule has 6 nitrogen and oxygen atoms in total. The van der Waals surface area contributed by atoms with Crippen molar-refractivity contribution in [3.8, 4) is 17.2 Å². The van der Waals surface area contributed by atoms with Gasteiger partial charge >= 0.3 is 5.97 Å². The summed E-state index contributed by atoms with van der Waals surface area (Å²) in [5.41, 5.74) is 1.69. The Morgan fingerprint density at radius 1 is 1.11 bits per heavy atom. The Kier molecular flexibility index (Phi) is 5.92. The van der Waals surface area contributed by atoms with Gasteiger partial charge in [-0.3, -0.25) is 0 Å². The van der Waals surface area contributed by atoms with E-state index in [4.69, 9.17) is 37.8 Å². The highest BCUT2D eigenvalue weighted by Crippen LogP contribution is 2.36. The maximum Gasteiger partial charge on any atom is 0.341 e. The molecule has 1 heterocycles. The summed E-state index contributed by atoms with van der Waals surface area (Å²) in [6.45, 7) is -0.457. The predicted molar refractivity (Wildman–Crippen MR) is 108 cm³/mol. The molecule has 144 valence electrons. The summed E-state index contributed by atoms with van der Waals surface area (Å²) in [4.78, 5) is 15.0. The highest BCUT2D eigenvalue weighted by atomic mass is 35.5. The van der Waals surface area contributed by atoms with Gasteiger partial charge in [-0.1, -0.05) is 35.3 Å². The molecule has 3 rings (SSSR count). The van der Waals surface area contributed by atoms with Crippen LogP contribution in [0.15, 0.2) is 36.4 Å². The fraction of sp³-hybridized carbons (Fsp3) is 0.100. The summed E-state index contributed by atoms with van der Waals surface area (Å²) in [5.74, 6) is -0.457. The Bertz CT molecular complexity index is 1080. The largest absolute Gasteiger partial charge is 0.504 e. The third-order valence-electron chi connectivity index (χ3n) is 3.86. The molecular weight excluding hydrogens is 405 g/mol. The van der Waals surface area contributed by atoms with Crippen molar-refractivity contribution < 1.29 is 24.5 Å². The first-order valence-corrected chi connectivity index (χ1v) is 8.83. The van der Waals surface area contributed by atoms with Crippen molar-refractivity contribution in [1.82, 2.24) is 4.98 Å². The van der Waals surface area contributed by atoms with Gasteiger partial charge in [0.25, 0.3) is 0 Å². The minimum atomic E-state index is -1.07. The summed E-state index contributed by atoms with van der Waals surface area (Å²) in [7, 11) is 1.47. The Morgan fingerprint density at radius 3 is 2.61 bits per heavy atom. The highest BCUT2D eigenvalue weighted by Gasteiger charge is 2.11. The maximum absolute atomic E-state index is 10.6. The lowest BCUT2D eigenvalue weighted by atomic mass is 10.1. The van der Waals surface area contributed by atoms with Crippen molar-refractivity contribution in [2.24, 2.45) is 0 Å². The van der Waals surface area contributed by atoms with Gasteiger partial charge < -0.3 is 19.7 Å². The minimum Gasteiger partial charge on any atom is -0.504 e. The molecule has 0 saturated carbocycles. The molecule has 0 aliphatic heterocycles. The number of hydrogen-bond donors (Lipinski definition) is 2. The number of carbonyl (C=O) groups is 1. The number of benzene rings is 2. The minimum absolute atomic E-state index is 0.127. The average Bonchev–Trinajstić information content (AvgIpc) is 2.69. The monoisotopic (exact) mass is 419 g/mol. The molecule has 2 N–H and O–H groups in total. The van der Waals surface area contributed by atoms with Crippen LogP contribution in [-0.4, -0.2) is 34.9 Å². The van der Waals surface area contributed by atoms with Gasteiger partial charge in [-0.15, -0.1) is 0 Å². The number of ether oxygens (including phenoxy) is 2. The Morgan fingerprint density at radius 2 is 1.89 bits per heavy atom. The van der Waals surface area contributed by atoms with Gasteiger partial charge in [0.15, 0.2) is 23.9 Å². The molecule has 0 spiro atoms. The number of nitrogens with zero attached hydrogens (tertiary/aromatic N) is 1. The lowest BCUT2D eigenvalue weighted by molar-refractivity contribution is -0.139. The second kappa shape index (κ2) is 8.37. The quantitative estimate of drug-likeness (QED) is 0.591. The molecule has 0 atom stereocenters. The number of aliphatic carboxylic acids is 1. The van der Waals surface area contributed by atoms with Crippen LogP contribution in [0.3, 0.4) is 0 Å². The number of pyridine rings is 1. The number of rotatable bonds is 6. The lowest BCUT2D eigenvalue weighted by Gasteiger charge is -2.09. The number of aromatic hydroxyl groups is 1. The first-order chi connectivity index (χ1) is 13.4. The predicted octanol–water partition coefficient (Wildman–Crippen LogP) is 4.89. The molecule has 1 aromatic heterocycles. The normalized spacial score (nSPS) is 11.1. The second-order valence-electron chi connectivity index (χ2n) is 5.75. The maximum atomic E-state index is 10.6. The van der Waals surface area contributed by atoms with Crippen molar-refractivity contribution >= 4 is 52.2 Å². The average molecular weight is 420 g/mol. The van der Waals surface area contributed by atoms with E-state index in [1.54, 1.807) is 42.5 Å². The molecule has 0 aliphatic rings. The van der Waals surface area contributed by atoms with Crippen LogP contribution in [-0.2, 0) is 4.79 Å². The summed E-state index contributed by atoms with van der Waals surface area (Å²) in [6.07, 6.45) is 3.54. The van der Waals surface area contributed by atoms with E-state index in [9.17, 15) is 9.90 Å². The van der Waals surface area contributed by atoms with Crippen LogP contribution in [0.2, 0.25) is 10.0 Å². The molecule has 8 heteroatoms. The summed E-state index contributed by atoms with van der Waals surface area (Å²) in [5, 5.41) is 20.0. The number of phenolic OH excluding ortho intramolecular Hbond substituents is 1. The van der Waals surface area contributed by atoms with Crippen LogP contribution >= 0.6 is 23.2 Å². The number of halogens is 2. The molecule has 0 unspecified atom stereocenters. The van der Waals surface area contributed by atoms with E-state index in [1.165, 1.54) is 13.2 Å². The zero-order valence-corrected chi connectivity index (χ0v) is 16.2. The molecule has 0 aliphatic carbocycles. The molecule has 28 heavy (non-hydrogen) atoms.